The summed E-state index contributed by atoms with van der Waals surface area (Å²) in [6.07, 6.45) is 2.39. The molecule has 0 radical (unpaired) electrons. The van der Waals surface area contributed by atoms with E-state index in [1.54, 1.807) is 11.4 Å². The van der Waals surface area contributed by atoms with Crippen LogP contribution in [0.15, 0.2) is 41.9 Å². The Bertz CT molecular complexity index is 1340. The highest BCUT2D eigenvalue weighted by atomic mass is 35.5. The second-order valence-corrected chi connectivity index (χ2v) is 10.8. The zero-order valence-corrected chi connectivity index (χ0v) is 18.5. The van der Waals surface area contributed by atoms with Crippen LogP contribution in [0, 0.1) is 0 Å². The monoisotopic (exact) mass is 512 g/mol. The molecule has 0 aliphatic carbocycles. The molecule has 0 saturated carbocycles. The first-order chi connectivity index (χ1) is 14.2. The maximum Gasteiger partial charge on any atom is 0.516 e. The zero-order valence-electron chi connectivity index (χ0n) is 15.3. The summed E-state index contributed by atoms with van der Waals surface area (Å²) in [6, 6.07) is 6.61. The quantitative estimate of drug-likeness (QED) is 0.512. The van der Waals surface area contributed by atoms with Gasteiger partial charge in [0.1, 0.15) is 10.8 Å². The van der Waals surface area contributed by atoms with Crippen LogP contribution < -0.4 is 9.44 Å². The van der Waals surface area contributed by atoms with Gasteiger partial charge in [-0.2, -0.15) is 21.6 Å². The van der Waals surface area contributed by atoms with E-state index in [1.165, 1.54) is 34.4 Å². The lowest BCUT2D eigenvalue weighted by Crippen LogP contribution is -2.29. The molecule has 0 saturated heterocycles. The molecule has 1 aromatic carbocycles. The summed E-state index contributed by atoms with van der Waals surface area (Å²) in [4.78, 5) is 8.32. The van der Waals surface area contributed by atoms with Crippen LogP contribution in [0.5, 0.6) is 0 Å². The summed E-state index contributed by atoms with van der Waals surface area (Å²) in [5, 5.41) is 2.13. The van der Waals surface area contributed by atoms with Crippen LogP contribution in [-0.2, 0) is 20.0 Å². The zero-order chi connectivity index (χ0) is 23.0. The molecule has 2 heterocycles. The molecule has 0 fully saturated rings. The molecular formula is C16H12ClF3N4O4S3. The Hall–Kier alpha value is -2.42. The van der Waals surface area contributed by atoms with Gasteiger partial charge in [-0.15, -0.1) is 11.3 Å². The third-order valence-corrected chi connectivity index (χ3v) is 6.50. The van der Waals surface area contributed by atoms with Gasteiger partial charge in [-0.05, 0) is 30.3 Å². The molecule has 0 spiro atoms. The van der Waals surface area contributed by atoms with Gasteiger partial charge in [0.05, 0.1) is 22.7 Å². The number of nitrogens with one attached hydrogen (secondary N) is 2. The molecule has 0 unspecified atom stereocenters. The van der Waals surface area contributed by atoms with Gasteiger partial charge in [0, 0.05) is 22.7 Å². The number of halogens is 4. The fourth-order valence-electron chi connectivity index (χ4n) is 2.34. The molecule has 2 aromatic heterocycles. The highest BCUT2D eigenvalue weighted by Gasteiger charge is 2.46. The third-order valence-electron chi connectivity index (χ3n) is 3.60. The first-order valence-corrected chi connectivity index (χ1v) is 12.7. The predicted molar refractivity (Wildman–Crippen MR) is 113 cm³/mol. The van der Waals surface area contributed by atoms with E-state index in [0.717, 1.165) is 18.4 Å². The smallest absolute Gasteiger partial charge is 0.276 e. The Labute approximate surface area is 184 Å². The van der Waals surface area contributed by atoms with Crippen molar-refractivity contribution >= 4 is 54.5 Å². The second kappa shape index (κ2) is 8.26. The van der Waals surface area contributed by atoms with Gasteiger partial charge in [-0.1, -0.05) is 11.6 Å². The fourth-order valence-corrected chi connectivity index (χ4v) is 4.48. The number of sulfonamides is 2. The topological polar surface area (TPSA) is 118 Å². The lowest BCUT2D eigenvalue weighted by Gasteiger charge is -2.11. The van der Waals surface area contributed by atoms with Gasteiger partial charge in [0.25, 0.3) is 0 Å². The van der Waals surface area contributed by atoms with Gasteiger partial charge in [-0.3, -0.25) is 9.44 Å². The van der Waals surface area contributed by atoms with Crippen molar-refractivity contribution in [2.45, 2.75) is 5.51 Å². The molecule has 3 rings (SSSR count). The lowest BCUT2D eigenvalue weighted by atomic mass is 10.1. The number of benzene rings is 1. The predicted octanol–water partition coefficient (Wildman–Crippen LogP) is 4.16. The molecule has 0 aliphatic heterocycles. The van der Waals surface area contributed by atoms with E-state index in [4.69, 9.17) is 11.6 Å². The summed E-state index contributed by atoms with van der Waals surface area (Å²) in [7, 11) is -9.08. The summed E-state index contributed by atoms with van der Waals surface area (Å²) in [5.74, 6) is 0.107. The van der Waals surface area contributed by atoms with E-state index in [2.05, 4.69) is 14.7 Å². The maximum absolute atomic E-state index is 12.5. The van der Waals surface area contributed by atoms with E-state index in [1.807, 2.05) is 0 Å². The minimum absolute atomic E-state index is 0.0200. The van der Waals surface area contributed by atoms with E-state index in [9.17, 15) is 30.0 Å². The Kier molecular flexibility index (Phi) is 6.19. The van der Waals surface area contributed by atoms with Crippen molar-refractivity contribution in [3.8, 4) is 21.8 Å². The molecule has 0 atom stereocenters. The fraction of sp³-hybridized carbons (Fsp3) is 0.125. The second-order valence-electron chi connectivity index (χ2n) is 6.09. The van der Waals surface area contributed by atoms with Gasteiger partial charge in [-0.25, -0.2) is 18.4 Å². The van der Waals surface area contributed by atoms with Crippen molar-refractivity contribution in [2.75, 3.05) is 15.7 Å². The molecule has 15 heteroatoms. The number of hydrogen-bond donors (Lipinski definition) is 2. The van der Waals surface area contributed by atoms with E-state index < -0.39 is 25.6 Å². The number of anilines is 2. The van der Waals surface area contributed by atoms with Crippen LogP contribution in [0.4, 0.5) is 24.7 Å². The summed E-state index contributed by atoms with van der Waals surface area (Å²) >= 11 is 7.34. The van der Waals surface area contributed by atoms with Crippen LogP contribution in [0.25, 0.3) is 21.8 Å². The molecule has 166 valence electrons. The molecule has 2 N–H and O–H groups in total. The van der Waals surface area contributed by atoms with Crippen molar-refractivity contribution in [2.24, 2.45) is 0 Å². The number of rotatable bonds is 6. The van der Waals surface area contributed by atoms with Crippen molar-refractivity contribution in [1.29, 1.82) is 0 Å². The van der Waals surface area contributed by atoms with Crippen LogP contribution in [-0.4, -0.2) is 38.6 Å². The number of pyridine rings is 1. The molecule has 3 aromatic rings. The Morgan fingerprint density at radius 2 is 1.77 bits per heavy atom. The molecular weight excluding hydrogens is 501 g/mol. The average molecular weight is 513 g/mol. The van der Waals surface area contributed by atoms with Crippen LogP contribution in [0.3, 0.4) is 0 Å². The van der Waals surface area contributed by atoms with Gasteiger partial charge in [0.15, 0.2) is 0 Å². The van der Waals surface area contributed by atoms with Crippen LogP contribution in [0.2, 0.25) is 5.02 Å². The normalized spacial score (nSPS) is 12.5. The number of alkyl halides is 3. The van der Waals surface area contributed by atoms with Crippen molar-refractivity contribution in [1.82, 2.24) is 9.97 Å². The number of thiazole rings is 1. The largest absolute Gasteiger partial charge is 0.516 e. The molecule has 0 bridgehead atoms. The highest BCUT2D eigenvalue weighted by Crippen LogP contribution is 2.35. The van der Waals surface area contributed by atoms with Crippen molar-refractivity contribution in [3.63, 3.8) is 0 Å². The first-order valence-electron chi connectivity index (χ1n) is 8.04. The molecule has 0 aliphatic rings. The Balaban J connectivity index is 1.87. The Morgan fingerprint density at radius 1 is 1.06 bits per heavy atom. The van der Waals surface area contributed by atoms with Gasteiger partial charge >= 0.3 is 15.5 Å². The van der Waals surface area contributed by atoms with Crippen molar-refractivity contribution < 1.29 is 30.0 Å². The summed E-state index contributed by atoms with van der Waals surface area (Å²) < 4.78 is 86.4. The Morgan fingerprint density at radius 3 is 2.39 bits per heavy atom. The highest BCUT2D eigenvalue weighted by molar-refractivity contribution is 7.93. The number of aromatic nitrogens is 2. The number of hydrogen-bond acceptors (Lipinski definition) is 7. The minimum atomic E-state index is -5.57. The van der Waals surface area contributed by atoms with E-state index in [-0.39, 0.29) is 16.5 Å². The van der Waals surface area contributed by atoms with Crippen LogP contribution in [0.1, 0.15) is 0 Å². The van der Waals surface area contributed by atoms with E-state index >= 15 is 0 Å². The summed E-state index contributed by atoms with van der Waals surface area (Å²) in [5.41, 5.74) is -4.49. The molecule has 8 nitrogen and oxygen atoms in total. The minimum Gasteiger partial charge on any atom is -0.276 e. The molecule has 31 heavy (non-hydrogen) atoms. The van der Waals surface area contributed by atoms with Crippen molar-refractivity contribution in [3.05, 3.63) is 46.9 Å². The van der Waals surface area contributed by atoms with Gasteiger partial charge in [0.2, 0.25) is 10.0 Å². The SMILES string of the molecule is CS(=O)(=O)Nc1cc(-c2nc(-c3ccc(NS(=O)(=O)C(F)(F)F)cc3Cl)cs2)ccn1. The maximum atomic E-state index is 12.5. The van der Waals surface area contributed by atoms with Crippen LogP contribution >= 0.6 is 22.9 Å². The van der Waals surface area contributed by atoms with Gasteiger partial charge < -0.3 is 0 Å². The summed E-state index contributed by atoms with van der Waals surface area (Å²) in [6.45, 7) is 0. The standard InChI is InChI=1S/C16H12ClF3N4O4S3/c1-30(25,26)24-14-6-9(4-5-21-14)15-22-13(8-29-15)11-3-2-10(7-12(11)17)23-31(27,28)16(18,19)20/h2-8,23H,1H3,(H,21,24). The third kappa shape index (κ3) is 5.64. The average Bonchev–Trinajstić information content (AvgIpc) is 3.09. The molecule has 0 amide bonds. The lowest BCUT2D eigenvalue weighted by molar-refractivity contribution is -0.0429. The number of nitrogens with zero attached hydrogens (tertiary/aromatic N) is 2. The van der Waals surface area contributed by atoms with E-state index in [0.29, 0.717) is 21.8 Å². The first kappa shape index (κ1) is 23.2.